The summed E-state index contributed by atoms with van der Waals surface area (Å²) in [5.74, 6) is 1.81. The monoisotopic (exact) mass is 502 g/mol. The van der Waals surface area contributed by atoms with E-state index in [9.17, 15) is 4.79 Å². The van der Waals surface area contributed by atoms with Crippen molar-refractivity contribution in [3.8, 4) is 5.75 Å². The van der Waals surface area contributed by atoms with Gasteiger partial charge in [0.1, 0.15) is 11.4 Å². The van der Waals surface area contributed by atoms with Gasteiger partial charge in [-0.1, -0.05) is 12.1 Å². The maximum Gasteiger partial charge on any atom is 0.410 e. The highest BCUT2D eigenvalue weighted by molar-refractivity contribution is 14.0. The van der Waals surface area contributed by atoms with Gasteiger partial charge in [-0.3, -0.25) is 4.99 Å². The smallest absolute Gasteiger partial charge is 0.410 e. The van der Waals surface area contributed by atoms with Gasteiger partial charge in [0.2, 0.25) is 0 Å². The minimum absolute atomic E-state index is 0. The Morgan fingerprint density at radius 3 is 2.71 bits per heavy atom. The molecule has 2 heterocycles. The van der Waals surface area contributed by atoms with E-state index >= 15 is 0 Å². The third-order valence-electron chi connectivity index (χ3n) is 4.77. The number of ether oxygens (including phenoxy) is 2. The summed E-state index contributed by atoms with van der Waals surface area (Å²) in [6.07, 6.45) is -0.239. The number of carbonyl (C=O) groups excluding carboxylic acids is 1. The Kier molecular flexibility index (Phi) is 7.41. The average molecular weight is 502 g/mol. The van der Waals surface area contributed by atoms with Crippen LogP contribution in [0.4, 0.5) is 4.79 Å². The summed E-state index contributed by atoms with van der Waals surface area (Å²) < 4.78 is 10.8. The lowest BCUT2D eigenvalue weighted by atomic mass is 10.1. The second-order valence-electron chi connectivity index (χ2n) is 8.10. The van der Waals surface area contributed by atoms with E-state index in [0.29, 0.717) is 26.2 Å². The zero-order valence-electron chi connectivity index (χ0n) is 17.3. The first-order valence-electron chi connectivity index (χ1n) is 9.43. The first-order valence-corrected chi connectivity index (χ1v) is 9.43. The minimum Gasteiger partial charge on any atom is -0.496 e. The van der Waals surface area contributed by atoms with Crippen molar-refractivity contribution in [2.45, 2.75) is 45.9 Å². The van der Waals surface area contributed by atoms with Gasteiger partial charge in [-0.25, -0.2) is 4.79 Å². The van der Waals surface area contributed by atoms with Gasteiger partial charge in [0.15, 0.2) is 5.96 Å². The van der Waals surface area contributed by atoms with Crippen molar-refractivity contribution in [2.24, 2.45) is 4.99 Å². The van der Waals surface area contributed by atoms with E-state index in [2.05, 4.69) is 27.3 Å². The van der Waals surface area contributed by atoms with Crippen LogP contribution in [0.1, 0.15) is 31.9 Å². The number of methoxy groups -OCH3 is 1. The molecule has 7 nitrogen and oxygen atoms in total. The predicted molar refractivity (Wildman–Crippen MR) is 121 cm³/mol. The molecule has 1 aromatic rings. The Labute approximate surface area is 184 Å². The van der Waals surface area contributed by atoms with Gasteiger partial charge < -0.3 is 24.6 Å². The number of nitrogens with one attached hydrogen (secondary N) is 1. The first-order chi connectivity index (χ1) is 12.8. The summed E-state index contributed by atoms with van der Waals surface area (Å²) in [4.78, 5) is 21.0. The molecule has 156 valence electrons. The maximum atomic E-state index is 12.3. The van der Waals surface area contributed by atoms with Gasteiger partial charge in [0, 0.05) is 26.2 Å². The van der Waals surface area contributed by atoms with Crippen molar-refractivity contribution in [3.05, 3.63) is 29.3 Å². The number of guanidine groups is 1. The average Bonchev–Trinajstić information content (AvgIpc) is 3.01. The summed E-state index contributed by atoms with van der Waals surface area (Å²) in [7, 11) is 1.69. The Morgan fingerprint density at radius 1 is 1.32 bits per heavy atom. The zero-order chi connectivity index (χ0) is 19.6. The molecule has 1 saturated heterocycles. The van der Waals surface area contributed by atoms with Crippen molar-refractivity contribution in [1.29, 1.82) is 0 Å². The van der Waals surface area contributed by atoms with Gasteiger partial charge in [-0.15, -0.1) is 24.0 Å². The molecule has 0 aliphatic carbocycles. The molecule has 3 rings (SSSR count). The molecule has 1 fully saturated rings. The van der Waals surface area contributed by atoms with Crippen LogP contribution in [0.15, 0.2) is 23.2 Å². The van der Waals surface area contributed by atoms with Crippen molar-refractivity contribution >= 4 is 36.0 Å². The molecule has 1 atom stereocenters. The van der Waals surface area contributed by atoms with E-state index < -0.39 is 5.60 Å². The van der Waals surface area contributed by atoms with E-state index in [1.165, 1.54) is 5.56 Å². The molecular formula is C20H31IN4O3. The highest BCUT2D eigenvalue weighted by Gasteiger charge is 2.36. The van der Waals surface area contributed by atoms with Crippen molar-refractivity contribution in [3.63, 3.8) is 0 Å². The maximum absolute atomic E-state index is 12.3. The topological polar surface area (TPSA) is 66.4 Å². The molecule has 1 N–H and O–H groups in total. The summed E-state index contributed by atoms with van der Waals surface area (Å²) in [6.45, 7) is 11.2. The van der Waals surface area contributed by atoms with Crippen molar-refractivity contribution in [1.82, 2.24) is 15.1 Å². The van der Waals surface area contributed by atoms with Crippen LogP contribution < -0.4 is 10.1 Å². The molecule has 2 aliphatic rings. The number of hydrogen-bond acceptors (Lipinski definition) is 6. The van der Waals surface area contributed by atoms with Crippen LogP contribution in [0.25, 0.3) is 0 Å². The molecule has 0 bridgehead atoms. The third-order valence-corrected chi connectivity index (χ3v) is 4.77. The lowest BCUT2D eigenvalue weighted by Crippen LogP contribution is -2.57. The lowest BCUT2D eigenvalue weighted by Gasteiger charge is -2.39. The summed E-state index contributed by atoms with van der Waals surface area (Å²) in [5, 5.41) is 3.44. The number of hydrogen-bond donors (Lipinski definition) is 1. The van der Waals surface area contributed by atoms with Gasteiger partial charge in [-0.2, -0.15) is 0 Å². The quantitative estimate of drug-likeness (QED) is 0.644. The normalized spacial score (nSPS) is 18.8. The van der Waals surface area contributed by atoms with Gasteiger partial charge >= 0.3 is 6.09 Å². The molecule has 0 spiro atoms. The van der Waals surface area contributed by atoms with Gasteiger partial charge in [0.25, 0.3) is 0 Å². The zero-order valence-corrected chi connectivity index (χ0v) is 19.6. The molecule has 1 unspecified atom stereocenters. The summed E-state index contributed by atoms with van der Waals surface area (Å²) in [5.41, 5.74) is 1.84. The molecule has 0 saturated carbocycles. The van der Waals surface area contributed by atoms with Gasteiger partial charge in [-0.05, 0) is 44.9 Å². The number of fused-ring (bicyclic) bond motifs is 1. The predicted octanol–water partition coefficient (Wildman–Crippen LogP) is 3.00. The first kappa shape index (κ1) is 22.6. The molecule has 8 heteroatoms. The summed E-state index contributed by atoms with van der Waals surface area (Å²) >= 11 is 0. The number of carbonyl (C=O) groups is 1. The molecular weight excluding hydrogens is 471 g/mol. The van der Waals surface area contributed by atoms with Crippen LogP contribution in [-0.4, -0.2) is 66.8 Å². The third kappa shape index (κ3) is 5.42. The molecule has 1 amide bonds. The van der Waals surface area contributed by atoms with Crippen LogP contribution in [0.2, 0.25) is 0 Å². The highest BCUT2D eigenvalue weighted by Crippen LogP contribution is 2.20. The number of nitrogens with zero attached hydrogens (tertiary/aromatic N) is 3. The van der Waals surface area contributed by atoms with Crippen LogP contribution in [-0.2, 0) is 11.3 Å². The number of halogens is 1. The van der Waals surface area contributed by atoms with Crippen molar-refractivity contribution in [2.75, 3.05) is 33.3 Å². The number of piperazine rings is 1. The number of aryl methyl sites for hydroxylation is 1. The van der Waals surface area contributed by atoms with Crippen LogP contribution in [0.5, 0.6) is 5.75 Å². The SMILES string of the molecule is COc1ccc(CNC2=NCC3CN(C(=O)OC(C)(C)C)CCN23)cc1C.I. The Morgan fingerprint density at radius 2 is 2.07 bits per heavy atom. The van der Waals surface area contributed by atoms with E-state index in [1.807, 2.05) is 33.8 Å². The number of amides is 1. The molecule has 2 aliphatic heterocycles. The van der Waals surface area contributed by atoms with E-state index in [1.54, 1.807) is 12.0 Å². The molecule has 0 radical (unpaired) electrons. The fraction of sp³-hybridized carbons (Fsp3) is 0.600. The minimum atomic E-state index is -0.469. The highest BCUT2D eigenvalue weighted by atomic mass is 127. The second kappa shape index (κ2) is 9.19. The molecule has 0 aromatic heterocycles. The summed E-state index contributed by atoms with van der Waals surface area (Å²) in [6, 6.07) is 6.39. The van der Waals surface area contributed by atoms with Gasteiger partial charge in [0.05, 0.1) is 19.7 Å². The molecule has 1 aromatic carbocycles. The largest absolute Gasteiger partial charge is 0.496 e. The second-order valence-corrected chi connectivity index (χ2v) is 8.10. The standard InChI is InChI=1S/C20H30N4O3.HI/c1-14-10-15(6-7-17(14)26-5)11-21-18-22-12-16-13-23(8-9-24(16)18)19(25)27-20(2,3)4;/h6-7,10,16H,8-9,11-13H2,1-5H3,(H,21,22);1H. The number of benzene rings is 1. The fourth-order valence-electron chi connectivity index (χ4n) is 3.45. The van der Waals surface area contributed by atoms with E-state index in [-0.39, 0.29) is 36.1 Å². The van der Waals surface area contributed by atoms with E-state index in [0.717, 1.165) is 23.8 Å². The van der Waals surface area contributed by atoms with E-state index in [4.69, 9.17) is 9.47 Å². The lowest BCUT2D eigenvalue weighted by molar-refractivity contribution is 0.0137. The number of aliphatic imine (C=N–C) groups is 1. The Balaban J connectivity index is 0.00000280. The fourth-order valence-corrected chi connectivity index (χ4v) is 3.45. The Hall–Kier alpha value is -1.71. The Bertz CT molecular complexity index is 733. The molecule has 28 heavy (non-hydrogen) atoms. The van der Waals surface area contributed by atoms with Crippen molar-refractivity contribution < 1.29 is 14.3 Å². The van der Waals surface area contributed by atoms with Crippen LogP contribution in [0, 0.1) is 6.92 Å². The van der Waals surface area contributed by atoms with Crippen LogP contribution >= 0.6 is 24.0 Å². The number of rotatable bonds is 3. The van der Waals surface area contributed by atoms with Crippen LogP contribution in [0.3, 0.4) is 0 Å².